The normalized spacial score (nSPS) is 14.1. The molecular formula is C21H20N2O6. The summed E-state index contributed by atoms with van der Waals surface area (Å²) in [6.45, 7) is 1.28. The number of nitrogens with zero attached hydrogens (tertiary/aromatic N) is 2. The van der Waals surface area contributed by atoms with Crippen LogP contribution in [-0.4, -0.2) is 41.2 Å². The minimum atomic E-state index is -1.04. The molecule has 0 aliphatic carbocycles. The van der Waals surface area contributed by atoms with E-state index in [1.807, 2.05) is 42.5 Å². The van der Waals surface area contributed by atoms with Crippen molar-refractivity contribution >= 4 is 5.97 Å². The van der Waals surface area contributed by atoms with Gasteiger partial charge in [-0.1, -0.05) is 18.2 Å². The number of carboxylic acid groups (broad SMARTS) is 1. The third-order valence-corrected chi connectivity index (χ3v) is 4.53. The third-order valence-electron chi connectivity index (χ3n) is 4.53. The number of carboxylic acids is 1. The highest BCUT2D eigenvalue weighted by Gasteiger charge is 2.27. The summed E-state index contributed by atoms with van der Waals surface area (Å²) in [6, 6.07) is 13.1. The standard InChI is InChI=1S/C21H20N2O6/c1-26-16-7-5-14(6-8-16)13-29-18-4-2-3-17(19(18)21-27-9-10-28-21)23-12-15(11-22-23)20(24)25/h2-8,11-12,21H,9-10,13H2,1H3,(H,24,25). The van der Waals surface area contributed by atoms with Gasteiger partial charge < -0.3 is 24.1 Å². The summed E-state index contributed by atoms with van der Waals surface area (Å²) >= 11 is 0. The molecule has 1 aromatic heterocycles. The van der Waals surface area contributed by atoms with Crippen LogP contribution in [0.3, 0.4) is 0 Å². The van der Waals surface area contributed by atoms with Crippen molar-refractivity contribution < 1.29 is 28.8 Å². The molecule has 2 aromatic carbocycles. The zero-order valence-corrected chi connectivity index (χ0v) is 15.8. The molecule has 29 heavy (non-hydrogen) atoms. The maximum atomic E-state index is 11.2. The van der Waals surface area contributed by atoms with E-state index >= 15 is 0 Å². The number of aromatic carboxylic acids is 1. The summed E-state index contributed by atoms with van der Waals surface area (Å²) in [7, 11) is 1.62. The fraction of sp³-hybridized carbons (Fsp3) is 0.238. The SMILES string of the molecule is COc1ccc(COc2cccc(-n3cc(C(=O)O)cn3)c2C2OCCO2)cc1. The largest absolute Gasteiger partial charge is 0.497 e. The van der Waals surface area contributed by atoms with Crippen LogP contribution < -0.4 is 9.47 Å². The van der Waals surface area contributed by atoms with Crippen LogP contribution in [0.1, 0.15) is 27.8 Å². The molecule has 150 valence electrons. The summed E-state index contributed by atoms with van der Waals surface area (Å²) in [4.78, 5) is 11.2. The van der Waals surface area contributed by atoms with Crippen LogP contribution >= 0.6 is 0 Å². The van der Waals surface area contributed by atoms with Crippen LogP contribution in [0.4, 0.5) is 0 Å². The lowest BCUT2D eigenvalue weighted by atomic mass is 10.1. The minimum absolute atomic E-state index is 0.0914. The van der Waals surface area contributed by atoms with E-state index in [9.17, 15) is 9.90 Å². The molecule has 8 nitrogen and oxygen atoms in total. The minimum Gasteiger partial charge on any atom is -0.497 e. The number of ether oxygens (including phenoxy) is 4. The van der Waals surface area contributed by atoms with Crippen molar-refractivity contribution in [2.45, 2.75) is 12.9 Å². The van der Waals surface area contributed by atoms with Crippen LogP contribution in [0.25, 0.3) is 5.69 Å². The molecule has 1 aliphatic heterocycles. The van der Waals surface area contributed by atoms with Gasteiger partial charge in [0.1, 0.15) is 18.1 Å². The van der Waals surface area contributed by atoms with Gasteiger partial charge in [0.05, 0.1) is 43.3 Å². The first-order valence-electron chi connectivity index (χ1n) is 9.06. The van der Waals surface area contributed by atoms with E-state index in [1.165, 1.54) is 17.1 Å². The monoisotopic (exact) mass is 396 g/mol. The summed E-state index contributed by atoms with van der Waals surface area (Å²) in [5.74, 6) is 0.313. The van der Waals surface area contributed by atoms with Gasteiger partial charge in [-0.15, -0.1) is 0 Å². The smallest absolute Gasteiger partial charge is 0.338 e. The number of aromatic nitrogens is 2. The molecule has 0 unspecified atom stereocenters. The lowest BCUT2D eigenvalue weighted by Gasteiger charge is -2.19. The zero-order valence-electron chi connectivity index (χ0n) is 15.8. The van der Waals surface area contributed by atoms with Gasteiger partial charge in [-0.25, -0.2) is 9.48 Å². The van der Waals surface area contributed by atoms with Crippen LogP contribution in [0, 0.1) is 0 Å². The quantitative estimate of drug-likeness (QED) is 0.656. The van der Waals surface area contributed by atoms with E-state index in [-0.39, 0.29) is 5.56 Å². The van der Waals surface area contributed by atoms with Gasteiger partial charge in [0.15, 0.2) is 6.29 Å². The summed E-state index contributed by atoms with van der Waals surface area (Å²) < 4.78 is 24.1. The molecule has 0 bridgehead atoms. The summed E-state index contributed by atoms with van der Waals surface area (Å²) in [6.07, 6.45) is 2.13. The Labute approximate surface area is 167 Å². The second-order valence-corrected chi connectivity index (χ2v) is 6.38. The Kier molecular flexibility index (Phi) is 5.46. The molecule has 1 N–H and O–H groups in total. The molecule has 4 rings (SSSR count). The Balaban J connectivity index is 1.66. The Morgan fingerprint density at radius 3 is 2.62 bits per heavy atom. The first kappa shape index (κ1) is 19.0. The molecule has 0 saturated carbocycles. The Morgan fingerprint density at radius 2 is 1.97 bits per heavy atom. The van der Waals surface area contributed by atoms with Crippen molar-refractivity contribution in [1.29, 1.82) is 0 Å². The summed E-state index contributed by atoms with van der Waals surface area (Å²) in [5.41, 5.74) is 2.37. The lowest BCUT2D eigenvalue weighted by molar-refractivity contribution is -0.0459. The Hall–Kier alpha value is -3.36. The lowest BCUT2D eigenvalue weighted by Crippen LogP contribution is -2.09. The maximum Gasteiger partial charge on any atom is 0.338 e. The molecule has 8 heteroatoms. The summed E-state index contributed by atoms with van der Waals surface area (Å²) in [5, 5.41) is 13.4. The van der Waals surface area contributed by atoms with Gasteiger partial charge in [0.25, 0.3) is 0 Å². The number of carbonyl (C=O) groups is 1. The topological polar surface area (TPSA) is 92.0 Å². The van der Waals surface area contributed by atoms with Crippen molar-refractivity contribution in [2.75, 3.05) is 20.3 Å². The molecule has 0 spiro atoms. The second kappa shape index (κ2) is 8.34. The van der Waals surface area contributed by atoms with Crippen LogP contribution in [0.15, 0.2) is 54.9 Å². The maximum absolute atomic E-state index is 11.2. The predicted molar refractivity (Wildman–Crippen MR) is 102 cm³/mol. The van der Waals surface area contributed by atoms with Gasteiger partial charge in [-0.2, -0.15) is 5.10 Å². The molecular weight excluding hydrogens is 376 g/mol. The van der Waals surface area contributed by atoms with Gasteiger partial charge in [0, 0.05) is 6.20 Å². The predicted octanol–water partition coefficient (Wildman–Crippen LogP) is 3.20. The first-order valence-corrected chi connectivity index (χ1v) is 9.06. The van der Waals surface area contributed by atoms with Crippen molar-refractivity contribution in [3.8, 4) is 17.2 Å². The number of rotatable bonds is 7. The van der Waals surface area contributed by atoms with Gasteiger partial charge in [0.2, 0.25) is 0 Å². The van der Waals surface area contributed by atoms with Crippen LogP contribution in [-0.2, 0) is 16.1 Å². The Morgan fingerprint density at radius 1 is 1.21 bits per heavy atom. The Bertz CT molecular complexity index is 993. The van der Waals surface area contributed by atoms with Gasteiger partial charge >= 0.3 is 5.97 Å². The molecule has 0 radical (unpaired) electrons. The van der Waals surface area contributed by atoms with E-state index in [4.69, 9.17) is 18.9 Å². The molecule has 0 amide bonds. The molecule has 2 heterocycles. The van der Waals surface area contributed by atoms with E-state index in [0.717, 1.165) is 11.3 Å². The van der Waals surface area contributed by atoms with Crippen LogP contribution in [0.5, 0.6) is 11.5 Å². The number of hydrogen-bond donors (Lipinski definition) is 1. The van der Waals surface area contributed by atoms with E-state index < -0.39 is 12.3 Å². The highest BCUT2D eigenvalue weighted by Crippen LogP contribution is 2.36. The average Bonchev–Trinajstić information content (AvgIpc) is 3.44. The highest BCUT2D eigenvalue weighted by molar-refractivity contribution is 5.87. The number of methoxy groups -OCH3 is 1. The highest BCUT2D eigenvalue weighted by atomic mass is 16.7. The van der Waals surface area contributed by atoms with Crippen LogP contribution in [0.2, 0.25) is 0 Å². The molecule has 3 aromatic rings. The van der Waals surface area contributed by atoms with E-state index in [2.05, 4.69) is 5.10 Å². The first-order chi connectivity index (χ1) is 14.2. The third kappa shape index (κ3) is 4.08. The van der Waals surface area contributed by atoms with Crippen molar-refractivity contribution in [1.82, 2.24) is 9.78 Å². The molecule has 1 saturated heterocycles. The molecule has 0 atom stereocenters. The van der Waals surface area contributed by atoms with E-state index in [0.29, 0.717) is 36.8 Å². The van der Waals surface area contributed by atoms with Crippen molar-refractivity contribution in [2.24, 2.45) is 0 Å². The number of benzene rings is 2. The zero-order chi connectivity index (χ0) is 20.2. The van der Waals surface area contributed by atoms with Crippen molar-refractivity contribution in [3.05, 3.63) is 71.5 Å². The molecule has 1 fully saturated rings. The fourth-order valence-electron chi connectivity index (χ4n) is 3.07. The second-order valence-electron chi connectivity index (χ2n) is 6.38. The van der Waals surface area contributed by atoms with E-state index in [1.54, 1.807) is 7.11 Å². The fourth-order valence-corrected chi connectivity index (χ4v) is 3.07. The van der Waals surface area contributed by atoms with Crippen molar-refractivity contribution in [3.63, 3.8) is 0 Å². The number of hydrogen-bond acceptors (Lipinski definition) is 6. The van der Waals surface area contributed by atoms with Gasteiger partial charge in [-0.05, 0) is 29.8 Å². The molecule has 1 aliphatic rings. The van der Waals surface area contributed by atoms with Gasteiger partial charge in [-0.3, -0.25) is 0 Å². The average molecular weight is 396 g/mol.